The van der Waals surface area contributed by atoms with Crippen LogP contribution in [0.2, 0.25) is 0 Å². The SMILES string of the molecule is Cc1coc(-c2cccc(NC(=O)C3C4CCC(C4)C3N)c2)n1. The predicted molar refractivity (Wildman–Crippen MR) is 87.6 cm³/mol. The van der Waals surface area contributed by atoms with Crippen molar-refractivity contribution in [3.05, 3.63) is 36.2 Å². The van der Waals surface area contributed by atoms with Crippen LogP contribution < -0.4 is 11.1 Å². The topological polar surface area (TPSA) is 81.2 Å². The number of oxazole rings is 1. The summed E-state index contributed by atoms with van der Waals surface area (Å²) in [7, 11) is 0. The molecule has 23 heavy (non-hydrogen) atoms. The maximum atomic E-state index is 12.6. The summed E-state index contributed by atoms with van der Waals surface area (Å²) in [5.41, 5.74) is 8.71. The first kappa shape index (κ1) is 14.5. The number of nitrogens with one attached hydrogen (secondary N) is 1. The average molecular weight is 311 g/mol. The van der Waals surface area contributed by atoms with Gasteiger partial charge in [-0.25, -0.2) is 4.98 Å². The highest BCUT2D eigenvalue weighted by Crippen LogP contribution is 2.47. The van der Waals surface area contributed by atoms with E-state index < -0.39 is 0 Å². The number of hydrogen-bond acceptors (Lipinski definition) is 4. The van der Waals surface area contributed by atoms with Gasteiger partial charge in [-0.2, -0.15) is 0 Å². The molecule has 4 rings (SSSR count). The summed E-state index contributed by atoms with van der Waals surface area (Å²) in [6.45, 7) is 1.88. The molecule has 0 radical (unpaired) electrons. The van der Waals surface area contributed by atoms with Gasteiger partial charge in [0.1, 0.15) is 6.26 Å². The minimum atomic E-state index is -0.0543. The van der Waals surface area contributed by atoms with E-state index in [9.17, 15) is 4.79 Å². The molecule has 120 valence electrons. The minimum Gasteiger partial charge on any atom is -0.444 e. The lowest BCUT2D eigenvalue weighted by molar-refractivity contribution is -0.121. The van der Waals surface area contributed by atoms with Crippen LogP contribution in [0.4, 0.5) is 5.69 Å². The summed E-state index contributed by atoms with van der Waals surface area (Å²) in [5, 5.41) is 3.03. The molecule has 3 N–H and O–H groups in total. The second kappa shape index (κ2) is 5.49. The number of hydrogen-bond donors (Lipinski definition) is 2. The molecule has 2 saturated carbocycles. The fraction of sp³-hybridized carbons (Fsp3) is 0.444. The summed E-state index contributed by atoms with van der Waals surface area (Å²) in [6, 6.07) is 7.60. The Morgan fingerprint density at radius 2 is 2.17 bits per heavy atom. The number of carbonyl (C=O) groups is 1. The van der Waals surface area contributed by atoms with E-state index in [-0.39, 0.29) is 17.9 Å². The van der Waals surface area contributed by atoms with Crippen LogP contribution in [0.15, 0.2) is 34.9 Å². The number of rotatable bonds is 3. The van der Waals surface area contributed by atoms with E-state index >= 15 is 0 Å². The van der Waals surface area contributed by atoms with Crippen LogP contribution in [-0.2, 0) is 4.79 Å². The van der Waals surface area contributed by atoms with Gasteiger partial charge >= 0.3 is 0 Å². The third-order valence-corrected chi connectivity index (χ3v) is 5.28. The van der Waals surface area contributed by atoms with Crippen LogP contribution in [0.25, 0.3) is 11.5 Å². The van der Waals surface area contributed by atoms with Crippen molar-refractivity contribution in [1.29, 1.82) is 0 Å². The van der Waals surface area contributed by atoms with Gasteiger partial charge in [0.2, 0.25) is 11.8 Å². The van der Waals surface area contributed by atoms with E-state index in [0.717, 1.165) is 29.8 Å². The summed E-state index contributed by atoms with van der Waals surface area (Å²) < 4.78 is 5.42. The van der Waals surface area contributed by atoms with Crippen molar-refractivity contribution in [3.63, 3.8) is 0 Å². The van der Waals surface area contributed by atoms with Crippen molar-refractivity contribution >= 4 is 11.6 Å². The summed E-state index contributed by atoms with van der Waals surface area (Å²) >= 11 is 0. The molecule has 2 aromatic rings. The van der Waals surface area contributed by atoms with Gasteiger partial charge in [0.25, 0.3) is 0 Å². The van der Waals surface area contributed by atoms with Gasteiger partial charge in [0, 0.05) is 17.3 Å². The molecule has 1 aromatic carbocycles. The quantitative estimate of drug-likeness (QED) is 0.913. The Kier molecular flexibility index (Phi) is 3.45. The van der Waals surface area contributed by atoms with Crippen LogP contribution in [0, 0.1) is 24.7 Å². The van der Waals surface area contributed by atoms with Gasteiger partial charge in [-0.3, -0.25) is 4.79 Å². The Balaban J connectivity index is 1.52. The molecule has 1 heterocycles. The number of aromatic nitrogens is 1. The molecule has 0 aliphatic heterocycles. The standard InChI is InChI=1S/C18H21N3O2/c1-10-9-23-18(20-10)13-3-2-4-14(8-13)21-17(22)15-11-5-6-12(7-11)16(15)19/h2-4,8-9,11-12,15-16H,5-7,19H2,1H3,(H,21,22). The zero-order chi connectivity index (χ0) is 16.0. The lowest BCUT2D eigenvalue weighted by atomic mass is 9.84. The van der Waals surface area contributed by atoms with Crippen molar-refractivity contribution in [3.8, 4) is 11.5 Å². The molecule has 5 heteroatoms. The van der Waals surface area contributed by atoms with E-state index in [0.29, 0.717) is 17.7 Å². The largest absolute Gasteiger partial charge is 0.444 e. The van der Waals surface area contributed by atoms with E-state index in [2.05, 4.69) is 10.3 Å². The van der Waals surface area contributed by atoms with E-state index in [4.69, 9.17) is 10.2 Å². The van der Waals surface area contributed by atoms with Gasteiger partial charge in [0.05, 0.1) is 11.6 Å². The fourth-order valence-corrected chi connectivity index (χ4v) is 4.17. The van der Waals surface area contributed by atoms with Gasteiger partial charge in [-0.15, -0.1) is 0 Å². The Labute approximate surface area is 135 Å². The molecule has 1 aromatic heterocycles. The number of fused-ring (bicyclic) bond motifs is 2. The maximum Gasteiger partial charge on any atom is 0.229 e. The molecule has 0 saturated heterocycles. The molecule has 2 fully saturated rings. The lowest BCUT2D eigenvalue weighted by Crippen LogP contribution is -2.42. The third kappa shape index (κ3) is 2.55. The summed E-state index contributed by atoms with van der Waals surface area (Å²) in [4.78, 5) is 17.0. The Hall–Kier alpha value is -2.14. The second-order valence-electron chi connectivity index (χ2n) is 6.80. The van der Waals surface area contributed by atoms with E-state index in [1.807, 2.05) is 31.2 Å². The van der Waals surface area contributed by atoms with Crippen molar-refractivity contribution in [2.45, 2.75) is 32.2 Å². The number of aryl methyl sites for hydroxylation is 1. The molecule has 2 aliphatic rings. The Bertz CT molecular complexity index is 737. The third-order valence-electron chi connectivity index (χ3n) is 5.28. The highest BCUT2D eigenvalue weighted by molar-refractivity contribution is 5.94. The Morgan fingerprint density at radius 1 is 1.35 bits per heavy atom. The van der Waals surface area contributed by atoms with Crippen molar-refractivity contribution < 1.29 is 9.21 Å². The molecule has 2 bridgehead atoms. The van der Waals surface area contributed by atoms with Gasteiger partial charge < -0.3 is 15.5 Å². The lowest BCUT2D eigenvalue weighted by Gasteiger charge is -2.27. The average Bonchev–Trinajstić information content (AvgIpc) is 3.23. The van der Waals surface area contributed by atoms with E-state index in [1.54, 1.807) is 6.26 Å². The number of amides is 1. The number of nitrogens with two attached hydrogens (primary N) is 1. The highest BCUT2D eigenvalue weighted by Gasteiger charge is 2.49. The zero-order valence-corrected chi connectivity index (χ0v) is 13.2. The maximum absolute atomic E-state index is 12.6. The zero-order valence-electron chi connectivity index (χ0n) is 13.2. The predicted octanol–water partition coefficient (Wildman–Crippen LogP) is 2.96. The fourth-order valence-electron chi connectivity index (χ4n) is 4.17. The van der Waals surface area contributed by atoms with Crippen molar-refractivity contribution in [2.75, 3.05) is 5.32 Å². The van der Waals surface area contributed by atoms with Gasteiger partial charge in [-0.1, -0.05) is 6.07 Å². The minimum absolute atomic E-state index is 0.00585. The number of carbonyl (C=O) groups excluding carboxylic acids is 1. The highest BCUT2D eigenvalue weighted by atomic mass is 16.3. The molecule has 2 aliphatic carbocycles. The molecule has 0 spiro atoms. The molecule has 4 unspecified atom stereocenters. The van der Waals surface area contributed by atoms with E-state index in [1.165, 1.54) is 6.42 Å². The first-order valence-corrected chi connectivity index (χ1v) is 8.21. The van der Waals surface area contributed by atoms with Gasteiger partial charge in [0.15, 0.2) is 0 Å². The first-order chi connectivity index (χ1) is 11.1. The first-order valence-electron chi connectivity index (χ1n) is 8.21. The van der Waals surface area contributed by atoms with Crippen molar-refractivity contribution in [2.24, 2.45) is 23.5 Å². The number of nitrogens with zero attached hydrogens (tertiary/aromatic N) is 1. The smallest absolute Gasteiger partial charge is 0.229 e. The molecule has 1 amide bonds. The van der Waals surface area contributed by atoms with Crippen LogP contribution in [0.5, 0.6) is 0 Å². The molecular weight excluding hydrogens is 290 g/mol. The van der Waals surface area contributed by atoms with Crippen LogP contribution in [0.1, 0.15) is 25.0 Å². The number of anilines is 1. The normalized spacial score (nSPS) is 29.0. The molecule has 4 atom stereocenters. The number of benzene rings is 1. The summed E-state index contributed by atoms with van der Waals surface area (Å²) in [6.07, 6.45) is 5.03. The molecule has 5 nitrogen and oxygen atoms in total. The monoisotopic (exact) mass is 311 g/mol. The van der Waals surface area contributed by atoms with Gasteiger partial charge in [-0.05, 0) is 56.2 Å². The Morgan fingerprint density at radius 3 is 2.87 bits per heavy atom. The van der Waals surface area contributed by atoms with Crippen LogP contribution >= 0.6 is 0 Å². The van der Waals surface area contributed by atoms with Crippen LogP contribution in [-0.4, -0.2) is 16.9 Å². The summed E-state index contributed by atoms with van der Waals surface area (Å²) in [5.74, 6) is 1.53. The molecular formula is C18H21N3O2. The second-order valence-corrected chi connectivity index (χ2v) is 6.80. The van der Waals surface area contributed by atoms with Crippen LogP contribution in [0.3, 0.4) is 0 Å². The van der Waals surface area contributed by atoms with Crippen molar-refractivity contribution in [1.82, 2.24) is 4.98 Å².